The summed E-state index contributed by atoms with van der Waals surface area (Å²) in [4.78, 5) is 17.7. The summed E-state index contributed by atoms with van der Waals surface area (Å²) in [5, 5.41) is 14.2. The van der Waals surface area contributed by atoms with E-state index in [-0.39, 0.29) is 11.1 Å². The zero-order valence-electron chi connectivity index (χ0n) is 12.6. The number of halogens is 1. The van der Waals surface area contributed by atoms with Crippen LogP contribution in [-0.2, 0) is 4.79 Å². The summed E-state index contributed by atoms with van der Waals surface area (Å²) >= 11 is 6.14. The quantitative estimate of drug-likeness (QED) is 0.600. The molecule has 0 saturated heterocycles. The van der Waals surface area contributed by atoms with E-state index in [1.54, 1.807) is 48.7 Å². The van der Waals surface area contributed by atoms with E-state index < -0.39 is 0 Å². The molecular weight excluding hydrogens is 316 g/mol. The average molecular weight is 333 g/mol. The van der Waals surface area contributed by atoms with Gasteiger partial charge >= 0.3 is 0 Å². The van der Waals surface area contributed by atoms with Crippen molar-refractivity contribution in [3.8, 4) is 5.69 Å². The van der Waals surface area contributed by atoms with Crippen LogP contribution < -0.4 is 10.2 Å². The first kappa shape index (κ1) is 16.7. The second-order valence-corrected chi connectivity index (χ2v) is 5.00. The second kappa shape index (κ2) is 8.09. The minimum Gasteiger partial charge on any atom is -0.390 e. The van der Waals surface area contributed by atoms with Crippen molar-refractivity contribution in [3.63, 3.8) is 0 Å². The smallest absolute Gasteiger partial charge is 0.228 e. The molecule has 0 atom stereocenters. The summed E-state index contributed by atoms with van der Waals surface area (Å²) in [5.74, 6) is -0.0895. The van der Waals surface area contributed by atoms with Gasteiger partial charge in [-0.2, -0.15) is 5.10 Å². The van der Waals surface area contributed by atoms with Gasteiger partial charge in [-0.25, -0.2) is 4.68 Å². The molecule has 2 aromatic heterocycles. The van der Waals surface area contributed by atoms with Crippen LogP contribution in [0.5, 0.6) is 0 Å². The van der Waals surface area contributed by atoms with Crippen molar-refractivity contribution in [1.29, 1.82) is 5.41 Å². The Morgan fingerprint density at radius 1 is 1.57 bits per heavy atom. The number of anilines is 1. The van der Waals surface area contributed by atoms with E-state index in [4.69, 9.17) is 17.0 Å². The largest absolute Gasteiger partial charge is 0.390 e. The molecule has 0 unspecified atom stereocenters. The molecule has 0 aliphatic rings. The van der Waals surface area contributed by atoms with E-state index in [0.29, 0.717) is 18.7 Å². The third-order valence-electron chi connectivity index (χ3n) is 3.09. The lowest BCUT2D eigenvalue weighted by molar-refractivity contribution is -0.118. The summed E-state index contributed by atoms with van der Waals surface area (Å²) < 4.78 is 1.58. The van der Waals surface area contributed by atoms with Gasteiger partial charge in [-0.1, -0.05) is 11.6 Å². The molecule has 0 saturated carbocycles. The van der Waals surface area contributed by atoms with Crippen LogP contribution in [0.15, 0.2) is 43.0 Å². The molecule has 120 valence electrons. The van der Waals surface area contributed by atoms with Crippen LogP contribution in [-0.4, -0.2) is 40.5 Å². The fourth-order valence-corrected chi connectivity index (χ4v) is 2.13. The van der Waals surface area contributed by atoms with Gasteiger partial charge in [-0.05, 0) is 24.4 Å². The Morgan fingerprint density at radius 3 is 3.09 bits per heavy atom. The highest BCUT2D eigenvalue weighted by Crippen LogP contribution is 2.25. The third-order valence-corrected chi connectivity index (χ3v) is 3.36. The van der Waals surface area contributed by atoms with Gasteiger partial charge in [-0.3, -0.25) is 9.78 Å². The van der Waals surface area contributed by atoms with Crippen molar-refractivity contribution in [1.82, 2.24) is 20.1 Å². The minimum absolute atomic E-state index is 0.0895. The third kappa shape index (κ3) is 4.40. The maximum Gasteiger partial charge on any atom is 0.228 e. The molecule has 2 heterocycles. The van der Waals surface area contributed by atoms with E-state index in [1.807, 2.05) is 6.07 Å². The van der Waals surface area contributed by atoms with Gasteiger partial charge in [0.2, 0.25) is 5.91 Å². The molecule has 2 rings (SSSR count). The normalized spacial score (nSPS) is 10.7. The van der Waals surface area contributed by atoms with E-state index in [0.717, 1.165) is 11.9 Å². The van der Waals surface area contributed by atoms with Crippen LogP contribution in [0.3, 0.4) is 0 Å². The average Bonchev–Trinajstić information content (AvgIpc) is 2.96. The molecule has 0 aliphatic carbocycles. The van der Waals surface area contributed by atoms with Crippen LogP contribution >= 0.6 is 11.6 Å². The SMILES string of the molecule is CN(C(=O)CCN/C=C\C=N)c1cn(-c2cccnc2)nc1Cl. The predicted octanol–water partition coefficient (Wildman–Crippen LogP) is 2.03. The topological polar surface area (TPSA) is 86.9 Å². The summed E-state index contributed by atoms with van der Waals surface area (Å²) in [6.45, 7) is 0.474. The van der Waals surface area contributed by atoms with Crippen LogP contribution in [0.4, 0.5) is 5.69 Å². The van der Waals surface area contributed by atoms with Crippen LogP contribution in [0.25, 0.3) is 5.69 Å². The van der Waals surface area contributed by atoms with Crippen molar-refractivity contribution < 1.29 is 4.79 Å². The number of carbonyl (C=O) groups excluding carboxylic acids is 1. The molecule has 2 aromatic rings. The monoisotopic (exact) mass is 332 g/mol. The Labute approximate surface area is 139 Å². The Morgan fingerprint density at radius 2 is 2.39 bits per heavy atom. The summed E-state index contributed by atoms with van der Waals surface area (Å²) in [5.41, 5.74) is 1.30. The van der Waals surface area contributed by atoms with Crippen LogP contribution in [0, 0.1) is 5.41 Å². The van der Waals surface area contributed by atoms with Gasteiger partial charge in [0.1, 0.15) is 5.69 Å². The number of allylic oxidation sites excluding steroid dienone is 1. The van der Waals surface area contributed by atoms with Gasteiger partial charge in [0.05, 0.1) is 18.1 Å². The Kier molecular flexibility index (Phi) is 5.87. The number of rotatable bonds is 7. The molecule has 8 heteroatoms. The van der Waals surface area contributed by atoms with Crippen LogP contribution in [0.1, 0.15) is 6.42 Å². The highest BCUT2D eigenvalue weighted by Gasteiger charge is 2.17. The first-order valence-corrected chi connectivity index (χ1v) is 7.32. The van der Waals surface area contributed by atoms with Crippen molar-refractivity contribution in [3.05, 3.63) is 48.2 Å². The van der Waals surface area contributed by atoms with Crippen LogP contribution in [0.2, 0.25) is 5.15 Å². The first-order chi connectivity index (χ1) is 11.1. The van der Waals surface area contributed by atoms with Crippen molar-refractivity contribution in [2.24, 2.45) is 0 Å². The van der Waals surface area contributed by atoms with E-state index in [2.05, 4.69) is 15.4 Å². The molecule has 7 nitrogen and oxygen atoms in total. The number of hydrogen-bond acceptors (Lipinski definition) is 5. The maximum absolute atomic E-state index is 12.2. The Bertz CT molecular complexity index is 697. The molecule has 23 heavy (non-hydrogen) atoms. The zero-order valence-corrected chi connectivity index (χ0v) is 13.4. The predicted molar refractivity (Wildman–Crippen MR) is 90.3 cm³/mol. The maximum atomic E-state index is 12.2. The number of pyridine rings is 1. The number of nitrogens with one attached hydrogen (secondary N) is 2. The van der Waals surface area contributed by atoms with Crippen molar-refractivity contribution in [2.45, 2.75) is 6.42 Å². The van der Waals surface area contributed by atoms with Crippen molar-refractivity contribution in [2.75, 3.05) is 18.5 Å². The molecule has 0 bridgehead atoms. The minimum atomic E-state index is -0.0895. The fourth-order valence-electron chi connectivity index (χ4n) is 1.87. The van der Waals surface area contributed by atoms with E-state index in [9.17, 15) is 4.79 Å². The van der Waals surface area contributed by atoms with Gasteiger partial charge in [0.15, 0.2) is 5.15 Å². The fraction of sp³-hybridized carbons (Fsp3) is 0.200. The highest BCUT2D eigenvalue weighted by atomic mass is 35.5. The zero-order chi connectivity index (χ0) is 16.7. The van der Waals surface area contributed by atoms with Gasteiger partial charge < -0.3 is 15.6 Å². The number of amides is 1. The lowest BCUT2D eigenvalue weighted by atomic mass is 10.3. The van der Waals surface area contributed by atoms with Crippen molar-refractivity contribution >= 4 is 29.4 Å². The van der Waals surface area contributed by atoms with E-state index in [1.165, 1.54) is 4.90 Å². The number of hydrogen-bond donors (Lipinski definition) is 2. The van der Waals surface area contributed by atoms with E-state index >= 15 is 0 Å². The Hall–Kier alpha value is -2.67. The molecule has 0 spiro atoms. The van der Waals surface area contributed by atoms with Gasteiger partial charge in [-0.15, -0.1) is 0 Å². The number of carbonyl (C=O) groups is 1. The number of nitrogens with zero attached hydrogens (tertiary/aromatic N) is 4. The Balaban J connectivity index is 2.03. The number of aromatic nitrogens is 3. The molecule has 0 aromatic carbocycles. The molecule has 0 radical (unpaired) electrons. The lowest BCUT2D eigenvalue weighted by Crippen LogP contribution is -2.28. The summed E-state index contributed by atoms with van der Waals surface area (Å²) in [6, 6.07) is 3.65. The van der Waals surface area contributed by atoms with Gasteiger partial charge in [0, 0.05) is 32.4 Å². The summed E-state index contributed by atoms with van der Waals surface area (Å²) in [6.07, 6.45) is 9.65. The molecule has 2 N–H and O–H groups in total. The second-order valence-electron chi connectivity index (χ2n) is 4.64. The molecule has 0 aliphatic heterocycles. The first-order valence-electron chi connectivity index (χ1n) is 6.94. The lowest BCUT2D eigenvalue weighted by Gasteiger charge is -2.15. The molecular formula is C15H17ClN6O. The molecule has 0 fully saturated rings. The van der Waals surface area contributed by atoms with Gasteiger partial charge in [0.25, 0.3) is 0 Å². The standard InChI is InChI=1S/C15H17ClN6O/c1-21(14(23)5-9-18-8-3-6-17)13-11-22(20-15(13)16)12-4-2-7-19-10-12/h2-4,6-8,10-11,17-18H,5,9H2,1H3/b8-3-,17-6?. The molecule has 1 amide bonds. The highest BCUT2D eigenvalue weighted by molar-refractivity contribution is 6.32. The summed E-state index contributed by atoms with van der Waals surface area (Å²) in [7, 11) is 1.66.